The first-order chi connectivity index (χ1) is 13.2. The Hall–Kier alpha value is -3.16. The number of nitrogens with zero attached hydrogens (tertiary/aromatic N) is 2. The molecular formula is C19H25N5O3. The summed E-state index contributed by atoms with van der Waals surface area (Å²) in [5.41, 5.74) is 15.2. The number of aryl methyl sites for hydroxylation is 1. The Labute approximate surface area is 157 Å². The molecular weight excluding hydrogens is 346 g/mol. The van der Waals surface area contributed by atoms with Gasteiger partial charge in [0.2, 0.25) is 0 Å². The molecule has 1 saturated carbocycles. The summed E-state index contributed by atoms with van der Waals surface area (Å²) in [7, 11) is 0. The molecule has 1 fully saturated rings. The number of ether oxygens (including phenoxy) is 1. The molecule has 8 nitrogen and oxygen atoms in total. The number of carboxylic acid groups (broad SMARTS) is 1. The van der Waals surface area contributed by atoms with Gasteiger partial charge in [-0.15, -0.1) is 0 Å². The largest absolute Gasteiger partial charge is 0.491 e. The fourth-order valence-corrected chi connectivity index (χ4v) is 3.18. The number of aromatic nitrogens is 2. The summed E-state index contributed by atoms with van der Waals surface area (Å²) in [5, 5.41) is 10.4. The molecule has 0 amide bonds. The molecule has 2 aromatic rings. The minimum Gasteiger partial charge on any atom is -0.491 e. The van der Waals surface area contributed by atoms with Crippen LogP contribution in [-0.2, 0) is 11.3 Å². The van der Waals surface area contributed by atoms with E-state index in [-0.39, 0.29) is 6.47 Å². The number of nitrogens with one attached hydrogen (secondary N) is 1. The molecule has 144 valence electrons. The molecule has 8 heteroatoms. The summed E-state index contributed by atoms with van der Waals surface area (Å²) in [4.78, 5) is 13.2. The van der Waals surface area contributed by atoms with E-state index in [0.29, 0.717) is 6.61 Å². The normalized spacial score (nSPS) is 16.4. The number of benzene rings is 1. The van der Waals surface area contributed by atoms with Gasteiger partial charge >= 0.3 is 0 Å². The van der Waals surface area contributed by atoms with Crippen molar-refractivity contribution in [2.24, 2.45) is 17.4 Å². The van der Waals surface area contributed by atoms with Crippen molar-refractivity contribution in [2.75, 3.05) is 18.5 Å². The van der Waals surface area contributed by atoms with Crippen LogP contribution >= 0.6 is 0 Å². The van der Waals surface area contributed by atoms with E-state index in [4.69, 9.17) is 31.1 Å². The molecule has 0 spiro atoms. The van der Waals surface area contributed by atoms with E-state index >= 15 is 0 Å². The maximum Gasteiger partial charge on any atom is 0.290 e. The van der Waals surface area contributed by atoms with Crippen molar-refractivity contribution in [1.82, 2.24) is 9.55 Å². The summed E-state index contributed by atoms with van der Waals surface area (Å²) < 4.78 is 8.16. The van der Waals surface area contributed by atoms with Crippen LogP contribution in [0.15, 0.2) is 30.6 Å². The van der Waals surface area contributed by atoms with E-state index in [9.17, 15) is 0 Å². The van der Waals surface area contributed by atoms with Crippen molar-refractivity contribution < 1.29 is 14.6 Å². The Morgan fingerprint density at radius 2 is 2.19 bits per heavy atom. The van der Waals surface area contributed by atoms with E-state index in [2.05, 4.69) is 22.0 Å². The fraction of sp³-hybridized carbons (Fsp3) is 0.368. The van der Waals surface area contributed by atoms with Gasteiger partial charge in [-0.25, -0.2) is 4.98 Å². The minimum absolute atomic E-state index is 0.250. The predicted molar refractivity (Wildman–Crippen MR) is 105 cm³/mol. The molecule has 27 heavy (non-hydrogen) atoms. The lowest BCUT2D eigenvalue weighted by molar-refractivity contribution is -0.122. The number of imidazole rings is 1. The van der Waals surface area contributed by atoms with E-state index in [1.54, 1.807) is 12.3 Å². The molecule has 0 radical (unpaired) electrons. The summed E-state index contributed by atoms with van der Waals surface area (Å²) >= 11 is 0. The van der Waals surface area contributed by atoms with Crippen LogP contribution in [0, 0.1) is 5.92 Å². The average molecular weight is 371 g/mol. The Morgan fingerprint density at radius 3 is 2.85 bits per heavy atom. The molecule has 0 saturated heterocycles. The molecule has 0 unspecified atom stereocenters. The van der Waals surface area contributed by atoms with Crippen LogP contribution in [0.3, 0.4) is 0 Å². The second kappa shape index (κ2) is 8.48. The highest BCUT2D eigenvalue weighted by Gasteiger charge is 2.23. The number of anilines is 1. The van der Waals surface area contributed by atoms with Crippen LogP contribution < -0.4 is 21.5 Å². The average Bonchev–Trinajstić information content (AvgIpc) is 3.45. The lowest BCUT2D eigenvalue weighted by Gasteiger charge is -2.10. The molecule has 2 heterocycles. The van der Waals surface area contributed by atoms with E-state index in [1.165, 1.54) is 19.0 Å². The molecule has 6 N–H and O–H groups in total. The Bertz CT molecular complexity index is 868. The van der Waals surface area contributed by atoms with Gasteiger partial charge in [0.05, 0.1) is 12.1 Å². The van der Waals surface area contributed by atoms with E-state index in [0.717, 1.165) is 59.3 Å². The second-order valence-electron chi connectivity index (χ2n) is 6.54. The van der Waals surface area contributed by atoms with E-state index < -0.39 is 0 Å². The SMILES string of the molecule is N/C=C\C(=C/N)c1nc2cc(NCC3CC3)cc3c2n1CCCO3.O=CO. The number of carbonyl (C=O) groups is 1. The molecule has 1 aromatic carbocycles. The highest BCUT2D eigenvalue weighted by Crippen LogP contribution is 2.35. The lowest BCUT2D eigenvalue weighted by Crippen LogP contribution is -2.04. The maximum absolute atomic E-state index is 8.36. The van der Waals surface area contributed by atoms with Crippen LogP contribution in [0.5, 0.6) is 5.75 Å². The molecule has 4 rings (SSSR count). The van der Waals surface area contributed by atoms with Gasteiger partial charge < -0.3 is 31.2 Å². The summed E-state index contributed by atoms with van der Waals surface area (Å²) in [5.74, 6) is 2.53. The number of hydrogen-bond acceptors (Lipinski definition) is 6. The Balaban J connectivity index is 0.000000659. The van der Waals surface area contributed by atoms with Crippen molar-refractivity contribution in [2.45, 2.75) is 25.8 Å². The molecule has 1 aliphatic heterocycles. The highest BCUT2D eigenvalue weighted by molar-refractivity contribution is 5.89. The number of nitrogens with two attached hydrogens (primary N) is 2. The third kappa shape index (κ3) is 4.16. The molecule has 1 aliphatic carbocycles. The van der Waals surface area contributed by atoms with Gasteiger partial charge in [0, 0.05) is 36.6 Å². The molecule has 0 bridgehead atoms. The van der Waals surface area contributed by atoms with E-state index in [1.807, 2.05) is 0 Å². The van der Waals surface area contributed by atoms with Gasteiger partial charge in [-0.3, -0.25) is 4.79 Å². The van der Waals surface area contributed by atoms with Crippen LogP contribution in [-0.4, -0.2) is 34.3 Å². The molecule has 0 atom stereocenters. The fourth-order valence-electron chi connectivity index (χ4n) is 3.18. The zero-order chi connectivity index (χ0) is 19.2. The first-order valence-electron chi connectivity index (χ1n) is 9.01. The molecule has 2 aliphatic rings. The monoisotopic (exact) mass is 371 g/mol. The van der Waals surface area contributed by atoms with Crippen LogP contribution in [0.25, 0.3) is 16.6 Å². The van der Waals surface area contributed by atoms with Crippen LogP contribution in [0.4, 0.5) is 5.69 Å². The summed E-state index contributed by atoms with van der Waals surface area (Å²) in [6.07, 6.45) is 8.40. The smallest absolute Gasteiger partial charge is 0.290 e. The minimum atomic E-state index is -0.250. The lowest BCUT2D eigenvalue weighted by atomic mass is 10.2. The zero-order valence-electron chi connectivity index (χ0n) is 15.1. The van der Waals surface area contributed by atoms with Crippen molar-refractivity contribution in [1.29, 1.82) is 0 Å². The standard InChI is InChI=1S/C18H23N5O.CH2O2/c19-5-4-13(10-20)18-22-15-8-14(21-11-12-2-3-12)9-16-17(15)23(18)6-1-7-24-16;2-1-3/h4-5,8-10,12,21H,1-3,6-7,11,19-20H2;1H,(H,2,3)/b5-4-,13-10+;. The maximum atomic E-state index is 8.36. The third-order valence-electron chi connectivity index (χ3n) is 4.60. The van der Waals surface area contributed by atoms with Gasteiger partial charge in [0.25, 0.3) is 6.47 Å². The van der Waals surface area contributed by atoms with Crippen LogP contribution in [0.1, 0.15) is 25.1 Å². The van der Waals surface area contributed by atoms with Crippen molar-refractivity contribution in [3.8, 4) is 5.75 Å². The third-order valence-corrected chi connectivity index (χ3v) is 4.60. The zero-order valence-corrected chi connectivity index (χ0v) is 15.1. The highest BCUT2D eigenvalue weighted by atomic mass is 16.5. The first-order valence-corrected chi connectivity index (χ1v) is 9.01. The quantitative estimate of drug-likeness (QED) is 0.468. The topological polar surface area (TPSA) is 128 Å². The number of allylic oxidation sites excluding steroid dienone is 2. The Morgan fingerprint density at radius 1 is 1.41 bits per heavy atom. The number of rotatable bonds is 5. The van der Waals surface area contributed by atoms with Crippen molar-refractivity contribution >= 4 is 28.8 Å². The molecule has 1 aromatic heterocycles. The summed E-state index contributed by atoms with van der Waals surface area (Å²) in [6, 6.07) is 4.18. The Kier molecular flexibility index (Phi) is 5.85. The second-order valence-corrected chi connectivity index (χ2v) is 6.54. The van der Waals surface area contributed by atoms with Crippen LogP contribution in [0.2, 0.25) is 0 Å². The van der Waals surface area contributed by atoms with Gasteiger partial charge in [0.1, 0.15) is 17.1 Å². The van der Waals surface area contributed by atoms with Gasteiger partial charge in [-0.2, -0.15) is 0 Å². The van der Waals surface area contributed by atoms with Gasteiger partial charge in [-0.05, 0) is 43.5 Å². The van der Waals surface area contributed by atoms with Crippen molar-refractivity contribution in [3.63, 3.8) is 0 Å². The first kappa shape index (κ1) is 18.6. The van der Waals surface area contributed by atoms with Gasteiger partial charge in [-0.1, -0.05) is 0 Å². The predicted octanol–water partition coefficient (Wildman–Crippen LogP) is 2.11. The summed E-state index contributed by atoms with van der Waals surface area (Å²) in [6.45, 7) is 2.32. The van der Waals surface area contributed by atoms with Gasteiger partial charge in [0.15, 0.2) is 0 Å². The number of hydrogen-bond donors (Lipinski definition) is 4. The van der Waals surface area contributed by atoms with Crippen molar-refractivity contribution in [3.05, 3.63) is 36.4 Å².